The predicted molar refractivity (Wildman–Crippen MR) is 80.9 cm³/mol. The molecule has 2 rings (SSSR count). The Balaban J connectivity index is 1.63. The third-order valence-corrected chi connectivity index (χ3v) is 3.26. The molecule has 0 saturated carbocycles. The quantitative estimate of drug-likeness (QED) is 0.751. The molecule has 1 N–H and O–H groups in total. The van der Waals surface area contributed by atoms with Gasteiger partial charge in [-0.15, -0.1) is 0 Å². The van der Waals surface area contributed by atoms with Crippen molar-refractivity contribution in [3.8, 4) is 5.75 Å². The first-order valence-corrected chi connectivity index (χ1v) is 7.23. The van der Waals surface area contributed by atoms with Crippen LogP contribution in [-0.4, -0.2) is 22.9 Å². The molecule has 0 aliphatic heterocycles. The van der Waals surface area contributed by atoms with Gasteiger partial charge in [-0.05, 0) is 38.9 Å². The maximum Gasteiger partial charge on any atom is 0.119 e. The highest BCUT2D eigenvalue weighted by Crippen LogP contribution is 2.11. The molecular weight excluding hydrogens is 250 g/mol. The van der Waals surface area contributed by atoms with Gasteiger partial charge in [0.1, 0.15) is 5.75 Å². The lowest BCUT2D eigenvalue weighted by molar-refractivity contribution is 0.305. The highest BCUT2D eigenvalue weighted by molar-refractivity contribution is 5.20. The summed E-state index contributed by atoms with van der Waals surface area (Å²) in [4.78, 5) is 0. The second-order valence-electron chi connectivity index (χ2n) is 4.82. The minimum absolute atomic E-state index is 0.326. The van der Waals surface area contributed by atoms with E-state index in [1.165, 1.54) is 5.56 Å². The summed E-state index contributed by atoms with van der Waals surface area (Å²) in [6.45, 7) is 6.84. The molecule has 0 spiro atoms. The number of aromatic nitrogens is 2. The van der Waals surface area contributed by atoms with Gasteiger partial charge in [0, 0.05) is 24.3 Å². The molecule has 1 heterocycles. The summed E-state index contributed by atoms with van der Waals surface area (Å²) in [6.07, 6.45) is 5.01. The van der Waals surface area contributed by atoms with Gasteiger partial charge in [-0.1, -0.05) is 18.2 Å². The number of hydrogen-bond acceptors (Lipinski definition) is 3. The maximum absolute atomic E-state index is 5.66. The Labute approximate surface area is 120 Å². The zero-order valence-electron chi connectivity index (χ0n) is 12.2. The minimum Gasteiger partial charge on any atom is -0.494 e. The van der Waals surface area contributed by atoms with E-state index in [0.717, 1.165) is 31.9 Å². The molecule has 0 amide bonds. The van der Waals surface area contributed by atoms with Gasteiger partial charge in [-0.25, -0.2) is 0 Å². The second kappa shape index (κ2) is 7.70. The van der Waals surface area contributed by atoms with Crippen molar-refractivity contribution in [1.82, 2.24) is 15.1 Å². The summed E-state index contributed by atoms with van der Waals surface area (Å²) >= 11 is 0. The van der Waals surface area contributed by atoms with E-state index in [-0.39, 0.29) is 0 Å². The first-order valence-electron chi connectivity index (χ1n) is 7.23. The van der Waals surface area contributed by atoms with Crippen molar-refractivity contribution >= 4 is 0 Å². The fourth-order valence-corrected chi connectivity index (χ4v) is 1.99. The van der Waals surface area contributed by atoms with E-state index in [2.05, 4.69) is 30.5 Å². The average Bonchev–Trinajstić information content (AvgIpc) is 2.97. The number of rotatable bonds is 8. The number of hydrogen-bond donors (Lipinski definition) is 1. The van der Waals surface area contributed by atoms with E-state index in [0.29, 0.717) is 6.04 Å². The first kappa shape index (κ1) is 14.6. The van der Waals surface area contributed by atoms with Crippen LogP contribution in [0.15, 0.2) is 42.7 Å². The Kier molecular flexibility index (Phi) is 5.62. The van der Waals surface area contributed by atoms with E-state index < -0.39 is 0 Å². The van der Waals surface area contributed by atoms with Gasteiger partial charge >= 0.3 is 0 Å². The lowest BCUT2D eigenvalue weighted by Gasteiger charge is -2.12. The second-order valence-corrected chi connectivity index (χ2v) is 4.82. The number of nitrogens with zero attached hydrogens (tertiary/aromatic N) is 2. The third-order valence-electron chi connectivity index (χ3n) is 3.26. The molecule has 1 atom stereocenters. The minimum atomic E-state index is 0.326. The fraction of sp³-hybridized carbons (Fsp3) is 0.438. The largest absolute Gasteiger partial charge is 0.494 e. The molecular formula is C16H23N3O. The Hall–Kier alpha value is -1.81. The van der Waals surface area contributed by atoms with Gasteiger partial charge in [-0.2, -0.15) is 5.10 Å². The third kappa shape index (κ3) is 4.38. The van der Waals surface area contributed by atoms with E-state index in [1.54, 1.807) is 0 Å². The maximum atomic E-state index is 5.66. The highest BCUT2D eigenvalue weighted by atomic mass is 16.5. The van der Waals surface area contributed by atoms with Gasteiger partial charge in [0.25, 0.3) is 0 Å². The summed E-state index contributed by atoms with van der Waals surface area (Å²) in [5, 5.41) is 7.78. The molecule has 4 heteroatoms. The van der Waals surface area contributed by atoms with Gasteiger partial charge < -0.3 is 10.1 Å². The molecule has 4 nitrogen and oxygen atoms in total. The van der Waals surface area contributed by atoms with E-state index >= 15 is 0 Å². The standard InChI is InChI=1S/C16H23N3O/c1-3-19-13-15(12-18-19)14(2)17-10-7-11-20-16-8-5-4-6-9-16/h4-6,8-9,12-14,17H,3,7,10-11H2,1-2H3. The van der Waals surface area contributed by atoms with Crippen LogP contribution in [-0.2, 0) is 6.54 Å². The summed E-state index contributed by atoms with van der Waals surface area (Å²) in [5.74, 6) is 0.935. The molecule has 1 aromatic carbocycles. The Bertz CT molecular complexity index is 495. The molecule has 108 valence electrons. The van der Waals surface area contributed by atoms with Gasteiger partial charge in [0.2, 0.25) is 0 Å². The van der Waals surface area contributed by atoms with E-state index in [1.807, 2.05) is 41.2 Å². The van der Waals surface area contributed by atoms with Crippen molar-refractivity contribution in [3.05, 3.63) is 48.3 Å². The highest BCUT2D eigenvalue weighted by Gasteiger charge is 2.06. The molecule has 0 saturated heterocycles. The average molecular weight is 273 g/mol. The summed E-state index contributed by atoms with van der Waals surface area (Å²) in [7, 11) is 0. The van der Waals surface area contributed by atoms with Crippen LogP contribution in [0.25, 0.3) is 0 Å². The van der Waals surface area contributed by atoms with Crippen LogP contribution in [0.1, 0.15) is 31.9 Å². The van der Waals surface area contributed by atoms with Crippen LogP contribution in [0.5, 0.6) is 5.75 Å². The lowest BCUT2D eigenvalue weighted by Crippen LogP contribution is -2.21. The molecule has 1 aromatic heterocycles. The molecule has 2 aromatic rings. The van der Waals surface area contributed by atoms with Crippen molar-refractivity contribution in [2.45, 2.75) is 32.9 Å². The fourth-order valence-electron chi connectivity index (χ4n) is 1.99. The predicted octanol–water partition coefficient (Wildman–Crippen LogP) is 3.02. The number of ether oxygens (including phenoxy) is 1. The van der Waals surface area contributed by atoms with Crippen LogP contribution in [0, 0.1) is 0 Å². The van der Waals surface area contributed by atoms with Crippen molar-refractivity contribution < 1.29 is 4.74 Å². The molecule has 0 aliphatic carbocycles. The molecule has 0 fully saturated rings. The lowest BCUT2D eigenvalue weighted by atomic mass is 10.2. The first-order chi connectivity index (χ1) is 9.79. The van der Waals surface area contributed by atoms with Crippen LogP contribution in [0.4, 0.5) is 0 Å². The van der Waals surface area contributed by atoms with Crippen LogP contribution in [0.2, 0.25) is 0 Å². The smallest absolute Gasteiger partial charge is 0.119 e. The van der Waals surface area contributed by atoms with Crippen molar-refractivity contribution in [2.24, 2.45) is 0 Å². The van der Waals surface area contributed by atoms with E-state index in [9.17, 15) is 0 Å². The summed E-state index contributed by atoms with van der Waals surface area (Å²) in [5.41, 5.74) is 1.23. The van der Waals surface area contributed by atoms with Crippen LogP contribution in [0.3, 0.4) is 0 Å². The van der Waals surface area contributed by atoms with E-state index in [4.69, 9.17) is 4.74 Å². The van der Waals surface area contributed by atoms with Crippen molar-refractivity contribution in [1.29, 1.82) is 0 Å². The number of benzene rings is 1. The Morgan fingerprint density at radius 3 is 2.80 bits per heavy atom. The number of nitrogens with one attached hydrogen (secondary N) is 1. The Morgan fingerprint density at radius 2 is 2.10 bits per heavy atom. The molecule has 0 radical (unpaired) electrons. The number of para-hydroxylation sites is 1. The molecule has 0 bridgehead atoms. The van der Waals surface area contributed by atoms with Crippen LogP contribution < -0.4 is 10.1 Å². The van der Waals surface area contributed by atoms with Gasteiger partial charge in [-0.3, -0.25) is 4.68 Å². The van der Waals surface area contributed by atoms with Gasteiger partial charge in [0.05, 0.1) is 12.8 Å². The summed E-state index contributed by atoms with van der Waals surface area (Å²) in [6, 6.07) is 10.3. The Morgan fingerprint density at radius 1 is 1.30 bits per heavy atom. The normalized spacial score (nSPS) is 12.3. The SMILES string of the molecule is CCn1cc(C(C)NCCCOc2ccccc2)cn1. The summed E-state index contributed by atoms with van der Waals surface area (Å²) < 4.78 is 7.61. The zero-order chi connectivity index (χ0) is 14.2. The molecule has 0 aliphatic rings. The molecule has 1 unspecified atom stereocenters. The monoisotopic (exact) mass is 273 g/mol. The van der Waals surface area contributed by atoms with Crippen LogP contribution >= 0.6 is 0 Å². The zero-order valence-corrected chi connectivity index (χ0v) is 12.2. The van der Waals surface area contributed by atoms with Gasteiger partial charge in [0.15, 0.2) is 0 Å². The molecule has 20 heavy (non-hydrogen) atoms. The topological polar surface area (TPSA) is 39.1 Å². The van der Waals surface area contributed by atoms with Crippen molar-refractivity contribution in [2.75, 3.05) is 13.2 Å². The van der Waals surface area contributed by atoms with Crippen molar-refractivity contribution in [3.63, 3.8) is 0 Å². The number of aryl methyl sites for hydroxylation is 1.